The van der Waals surface area contributed by atoms with Gasteiger partial charge in [0.15, 0.2) is 0 Å². The molecule has 0 fully saturated rings. The van der Waals surface area contributed by atoms with Gasteiger partial charge in [-0.3, -0.25) is 4.79 Å². The third kappa shape index (κ3) is 3.63. The highest BCUT2D eigenvalue weighted by Crippen LogP contribution is 2.48. The summed E-state index contributed by atoms with van der Waals surface area (Å²) in [5, 5.41) is 0.643. The number of carbonyl (C=O) groups is 1. The number of amides is 1. The Bertz CT molecular complexity index is 1280. The van der Waals surface area contributed by atoms with Crippen LogP contribution < -0.4 is 9.64 Å². The van der Waals surface area contributed by atoms with Crippen molar-refractivity contribution < 1.29 is 9.53 Å². The fourth-order valence-corrected chi connectivity index (χ4v) is 5.36. The summed E-state index contributed by atoms with van der Waals surface area (Å²) in [5.41, 5.74) is 6.62. The maximum Gasteiger partial charge on any atom is 0.242 e. The number of fused-ring (bicyclic) bond motifs is 2. The number of carbonyl (C=O) groups excluding carboxylic acids is 1. The van der Waals surface area contributed by atoms with Crippen molar-refractivity contribution in [1.29, 1.82) is 0 Å². The Balaban J connectivity index is 1.60. The van der Waals surface area contributed by atoms with Crippen LogP contribution in [0.4, 0.5) is 5.69 Å². The van der Waals surface area contributed by atoms with Gasteiger partial charge in [-0.1, -0.05) is 47.5 Å². The average Bonchev–Trinajstić information content (AvgIpc) is 2.97. The topological polar surface area (TPSA) is 29.5 Å². The van der Waals surface area contributed by atoms with E-state index < -0.39 is 5.41 Å². The highest BCUT2D eigenvalue weighted by molar-refractivity contribution is 6.31. The Morgan fingerprint density at radius 1 is 1.00 bits per heavy atom. The van der Waals surface area contributed by atoms with Crippen molar-refractivity contribution in [1.82, 2.24) is 0 Å². The number of anilines is 1. The maximum absolute atomic E-state index is 14.1. The minimum Gasteiger partial charge on any atom is -0.488 e. The first-order valence-corrected chi connectivity index (χ1v) is 12.0. The fourth-order valence-electron chi connectivity index (χ4n) is 5.19. The lowest BCUT2D eigenvalue weighted by atomic mass is 9.76. The van der Waals surface area contributed by atoms with Crippen LogP contribution in [-0.4, -0.2) is 11.5 Å². The van der Waals surface area contributed by atoms with E-state index in [9.17, 15) is 4.79 Å². The molecule has 0 aromatic heterocycles. The predicted octanol–water partition coefficient (Wildman–Crippen LogP) is 6.91. The van der Waals surface area contributed by atoms with E-state index in [0.717, 1.165) is 46.5 Å². The summed E-state index contributed by atoms with van der Waals surface area (Å²) in [7, 11) is 0. The number of rotatable bonds is 3. The normalized spacial score (nSPS) is 20.9. The van der Waals surface area contributed by atoms with Crippen LogP contribution in [0.25, 0.3) is 0 Å². The van der Waals surface area contributed by atoms with E-state index in [1.54, 1.807) is 0 Å². The van der Waals surface area contributed by atoms with E-state index in [1.807, 2.05) is 42.2 Å². The zero-order chi connectivity index (χ0) is 23.5. The van der Waals surface area contributed by atoms with Gasteiger partial charge in [-0.15, -0.1) is 0 Å². The summed E-state index contributed by atoms with van der Waals surface area (Å²) in [6.45, 7) is 11.0. The molecule has 33 heavy (non-hydrogen) atoms. The number of halogens is 1. The fraction of sp³-hybridized carbons (Fsp3) is 0.345. The molecule has 5 rings (SSSR count). The molecule has 0 bridgehead atoms. The standard InChI is InChI=1S/C29H30ClNO2/c1-18-6-7-19(2)21(14-18)17-31-25-10-9-23(30)16-24(25)29(5,27(31)32)22-8-11-26-20(15-22)12-13-28(3,4)33-26/h6-11,14-16H,12-13,17H2,1-5H3/t29-/m0/s1. The highest BCUT2D eigenvalue weighted by atomic mass is 35.5. The summed E-state index contributed by atoms with van der Waals surface area (Å²) >= 11 is 6.44. The lowest BCUT2D eigenvalue weighted by molar-refractivity contribution is -0.121. The van der Waals surface area contributed by atoms with Crippen LogP contribution in [0, 0.1) is 13.8 Å². The molecule has 3 aromatic carbocycles. The van der Waals surface area contributed by atoms with Crippen LogP contribution in [0.3, 0.4) is 0 Å². The monoisotopic (exact) mass is 459 g/mol. The van der Waals surface area contributed by atoms with Gasteiger partial charge in [0.1, 0.15) is 11.4 Å². The molecule has 2 heterocycles. The molecule has 0 aliphatic carbocycles. The Morgan fingerprint density at radius 3 is 2.58 bits per heavy atom. The average molecular weight is 460 g/mol. The number of ether oxygens (including phenoxy) is 1. The van der Waals surface area contributed by atoms with Crippen molar-refractivity contribution >= 4 is 23.2 Å². The number of benzene rings is 3. The Hall–Kier alpha value is -2.78. The molecule has 0 radical (unpaired) electrons. The van der Waals surface area contributed by atoms with Crippen LogP contribution >= 0.6 is 11.6 Å². The molecule has 0 unspecified atom stereocenters. The van der Waals surface area contributed by atoms with E-state index in [-0.39, 0.29) is 11.5 Å². The molecular formula is C29H30ClNO2. The smallest absolute Gasteiger partial charge is 0.242 e. The van der Waals surface area contributed by atoms with Gasteiger partial charge in [-0.05, 0) is 99.5 Å². The summed E-state index contributed by atoms with van der Waals surface area (Å²) in [4.78, 5) is 16.0. The molecule has 4 heteroatoms. The van der Waals surface area contributed by atoms with Crippen LogP contribution in [0.2, 0.25) is 5.02 Å². The van der Waals surface area contributed by atoms with Gasteiger partial charge in [0.05, 0.1) is 12.0 Å². The van der Waals surface area contributed by atoms with E-state index in [1.165, 1.54) is 11.1 Å². The Morgan fingerprint density at radius 2 is 1.79 bits per heavy atom. The first-order valence-electron chi connectivity index (χ1n) is 11.6. The molecule has 0 saturated carbocycles. The van der Waals surface area contributed by atoms with E-state index in [0.29, 0.717) is 11.6 Å². The molecule has 1 amide bonds. The minimum absolute atomic E-state index is 0.0812. The third-order valence-corrected chi connectivity index (χ3v) is 7.55. The first kappa shape index (κ1) is 22.0. The Kier molecular flexibility index (Phi) is 5.10. The molecule has 170 valence electrons. The largest absolute Gasteiger partial charge is 0.488 e. The lowest BCUT2D eigenvalue weighted by Gasteiger charge is -2.34. The molecule has 3 nitrogen and oxygen atoms in total. The summed E-state index contributed by atoms with van der Waals surface area (Å²) in [5.74, 6) is 1.00. The number of hydrogen-bond donors (Lipinski definition) is 0. The lowest BCUT2D eigenvalue weighted by Crippen LogP contribution is -2.39. The van der Waals surface area contributed by atoms with E-state index in [4.69, 9.17) is 16.3 Å². The zero-order valence-electron chi connectivity index (χ0n) is 20.0. The quantitative estimate of drug-likeness (QED) is 0.425. The van der Waals surface area contributed by atoms with Crippen molar-refractivity contribution in [2.24, 2.45) is 0 Å². The first-order chi connectivity index (χ1) is 15.6. The van der Waals surface area contributed by atoms with Gasteiger partial charge in [0, 0.05) is 10.7 Å². The van der Waals surface area contributed by atoms with Gasteiger partial charge >= 0.3 is 0 Å². The molecule has 0 N–H and O–H groups in total. The van der Waals surface area contributed by atoms with Gasteiger partial charge in [0.25, 0.3) is 0 Å². The van der Waals surface area contributed by atoms with E-state index in [2.05, 4.69) is 52.0 Å². The van der Waals surface area contributed by atoms with E-state index >= 15 is 0 Å². The van der Waals surface area contributed by atoms with Crippen molar-refractivity contribution in [2.75, 3.05) is 4.90 Å². The van der Waals surface area contributed by atoms with Gasteiger partial charge < -0.3 is 9.64 Å². The SMILES string of the molecule is Cc1ccc(C)c(CN2C(=O)[C@@](C)(c3ccc4c(c3)CCC(C)(C)O4)c3cc(Cl)ccc32)c1. The zero-order valence-corrected chi connectivity index (χ0v) is 20.7. The van der Waals surface area contributed by atoms with Crippen molar-refractivity contribution in [2.45, 2.75) is 65.0 Å². The van der Waals surface area contributed by atoms with Gasteiger partial charge in [0.2, 0.25) is 5.91 Å². The van der Waals surface area contributed by atoms with Gasteiger partial charge in [-0.2, -0.15) is 0 Å². The molecule has 2 aliphatic heterocycles. The maximum atomic E-state index is 14.1. The summed E-state index contributed by atoms with van der Waals surface area (Å²) in [6, 6.07) is 18.5. The molecule has 1 atom stereocenters. The minimum atomic E-state index is -0.806. The third-order valence-electron chi connectivity index (χ3n) is 7.31. The van der Waals surface area contributed by atoms with Crippen molar-refractivity contribution in [3.63, 3.8) is 0 Å². The van der Waals surface area contributed by atoms with Crippen LogP contribution in [-0.2, 0) is 23.2 Å². The van der Waals surface area contributed by atoms with Crippen LogP contribution in [0.15, 0.2) is 54.6 Å². The summed E-state index contributed by atoms with van der Waals surface area (Å²) < 4.78 is 6.19. The van der Waals surface area contributed by atoms with Crippen LogP contribution in [0.5, 0.6) is 5.75 Å². The predicted molar refractivity (Wildman–Crippen MR) is 134 cm³/mol. The van der Waals surface area contributed by atoms with Gasteiger partial charge in [-0.25, -0.2) is 0 Å². The molecular weight excluding hydrogens is 430 g/mol. The molecule has 2 aliphatic rings. The second-order valence-electron chi connectivity index (χ2n) is 10.3. The summed E-state index contributed by atoms with van der Waals surface area (Å²) in [6.07, 6.45) is 1.89. The van der Waals surface area contributed by atoms with Crippen LogP contribution in [0.1, 0.15) is 60.6 Å². The molecule has 0 saturated heterocycles. The second-order valence-corrected chi connectivity index (χ2v) is 10.7. The highest BCUT2D eigenvalue weighted by Gasteiger charge is 2.49. The number of aryl methyl sites for hydroxylation is 3. The molecule has 3 aromatic rings. The van der Waals surface area contributed by atoms with Crippen molar-refractivity contribution in [3.8, 4) is 5.75 Å². The second kappa shape index (κ2) is 7.63. The number of nitrogens with zero attached hydrogens (tertiary/aromatic N) is 1. The van der Waals surface area contributed by atoms with Crippen molar-refractivity contribution in [3.05, 3.63) is 93.0 Å². The molecule has 0 spiro atoms. The Labute approximate surface area is 201 Å². The number of hydrogen-bond acceptors (Lipinski definition) is 2.